The predicted molar refractivity (Wildman–Crippen MR) is 179 cm³/mol. The first-order chi connectivity index (χ1) is 22.7. The summed E-state index contributed by atoms with van der Waals surface area (Å²) in [6.07, 6.45) is 0.243. The SMILES string of the molecule is COc1cc(CC(=O)NCC(=O)N(CCC(=O)O)CCc2ccc(Oc3ccccc3)cc2)ccc1NC(=O)Nc1ccccc1C. The number of carboxylic acid groups (broad SMARTS) is 1. The van der Waals surface area contributed by atoms with Gasteiger partial charge in [-0.2, -0.15) is 0 Å². The molecule has 4 N–H and O–H groups in total. The minimum Gasteiger partial charge on any atom is -0.495 e. The van der Waals surface area contributed by atoms with Crippen molar-refractivity contribution in [2.45, 2.75) is 26.2 Å². The van der Waals surface area contributed by atoms with Crippen LogP contribution in [0.15, 0.2) is 97.1 Å². The molecule has 4 rings (SSSR count). The van der Waals surface area contributed by atoms with Gasteiger partial charge in [-0.25, -0.2) is 4.79 Å². The number of benzene rings is 4. The van der Waals surface area contributed by atoms with Gasteiger partial charge >= 0.3 is 12.0 Å². The third-order valence-corrected chi connectivity index (χ3v) is 7.23. The molecule has 11 heteroatoms. The van der Waals surface area contributed by atoms with E-state index in [-0.39, 0.29) is 38.4 Å². The van der Waals surface area contributed by atoms with E-state index in [1.807, 2.05) is 79.7 Å². The van der Waals surface area contributed by atoms with Gasteiger partial charge in [0.15, 0.2) is 0 Å². The summed E-state index contributed by atoms with van der Waals surface area (Å²) < 4.78 is 11.2. The molecule has 0 aromatic heterocycles. The molecule has 0 saturated carbocycles. The van der Waals surface area contributed by atoms with Gasteiger partial charge in [-0.15, -0.1) is 0 Å². The highest BCUT2D eigenvalue weighted by Crippen LogP contribution is 2.26. The number of carboxylic acids is 1. The van der Waals surface area contributed by atoms with Crippen molar-refractivity contribution in [1.82, 2.24) is 10.2 Å². The Morgan fingerprint density at radius 3 is 2.13 bits per heavy atom. The van der Waals surface area contributed by atoms with Crippen LogP contribution in [0, 0.1) is 6.92 Å². The predicted octanol–water partition coefficient (Wildman–Crippen LogP) is 5.64. The molecule has 0 unspecified atom stereocenters. The quantitative estimate of drug-likeness (QED) is 0.132. The standard InChI is InChI=1S/C36H38N4O7/c1-25-8-6-7-11-30(25)38-36(45)39-31-17-14-27(22-32(31)46-2)23-33(41)37-24-34(42)40(21-19-35(43)44)20-18-26-12-15-29(16-13-26)47-28-9-4-3-5-10-28/h3-17,22H,18-21,23-24H2,1-2H3,(H,37,41)(H,43,44)(H2,38,39,45). The highest BCUT2D eigenvalue weighted by atomic mass is 16.5. The summed E-state index contributed by atoms with van der Waals surface area (Å²) in [4.78, 5) is 51.0. The molecular formula is C36H38N4O7. The van der Waals surface area contributed by atoms with E-state index in [1.165, 1.54) is 12.0 Å². The first kappa shape index (κ1) is 34.0. The number of nitrogens with one attached hydrogen (secondary N) is 3. The van der Waals surface area contributed by atoms with E-state index in [1.54, 1.807) is 24.3 Å². The lowest BCUT2D eigenvalue weighted by Gasteiger charge is -2.22. The van der Waals surface area contributed by atoms with Crippen LogP contribution in [-0.2, 0) is 27.2 Å². The molecule has 0 atom stereocenters. The number of rotatable bonds is 15. The zero-order valence-electron chi connectivity index (χ0n) is 26.3. The fourth-order valence-electron chi connectivity index (χ4n) is 4.68. The third-order valence-electron chi connectivity index (χ3n) is 7.23. The Kier molecular flexibility index (Phi) is 12.3. The number of ether oxygens (including phenoxy) is 2. The molecule has 244 valence electrons. The van der Waals surface area contributed by atoms with Crippen LogP contribution in [0.1, 0.15) is 23.1 Å². The summed E-state index contributed by atoms with van der Waals surface area (Å²) in [5, 5.41) is 17.4. The molecule has 0 spiro atoms. The molecular weight excluding hydrogens is 600 g/mol. The number of para-hydroxylation sites is 2. The maximum absolute atomic E-state index is 13.0. The fourth-order valence-corrected chi connectivity index (χ4v) is 4.68. The number of nitrogens with zero attached hydrogens (tertiary/aromatic N) is 1. The molecule has 0 fully saturated rings. The van der Waals surface area contributed by atoms with Gasteiger partial charge in [0.25, 0.3) is 0 Å². The van der Waals surface area contributed by atoms with Crippen LogP contribution < -0.4 is 25.4 Å². The van der Waals surface area contributed by atoms with E-state index < -0.39 is 17.9 Å². The normalized spacial score (nSPS) is 10.4. The van der Waals surface area contributed by atoms with E-state index in [0.29, 0.717) is 34.9 Å². The highest BCUT2D eigenvalue weighted by Gasteiger charge is 2.17. The Morgan fingerprint density at radius 1 is 0.766 bits per heavy atom. The summed E-state index contributed by atoms with van der Waals surface area (Å²) in [6.45, 7) is 1.91. The molecule has 0 saturated heterocycles. The smallest absolute Gasteiger partial charge is 0.323 e. The molecule has 11 nitrogen and oxygen atoms in total. The van der Waals surface area contributed by atoms with Crippen LogP contribution in [0.4, 0.5) is 16.2 Å². The van der Waals surface area contributed by atoms with Gasteiger partial charge in [0, 0.05) is 18.8 Å². The largest absolute Gasteiger partial charge is 0.495 e. The van der Waals surface area contributed by atoms with Crippen LogP contribution in [0.3, 0.4) is 0 Å². The van der Waals surface area contributed by atoms with E-state index >= 15 is 0 Å². The van der Waals surface area contributed by atoms with Crippen LogP contribution in [0.25, 0.3) is 0 Å². The van der Waals surface area contributed by atoms with Gasteiger partial charge in [-0.05, 0) is 72.5 Å². The summed E-state index contributed by atoms with van der Waals surface area (Å²) >= 11 is 0. The lowest BCUT2D eigenvalue weighted by Crippen LogP contribution is -2.42. The zero-order valence-corrected chi connectivity index (χ0v) is 26.3. The van der Waals surface area contributed by atoms with Gasteiger partial charge in [0.1, 0.15) is 17.2 Å². The van der Waals surface area contributed by atoms with Crippen molar-refractivity contribution >= 4 is 35.2 Å². The molecule has 47 heavy (non-hydrogen) atoms. The number of aryl methyl sites for hydroxylation is 1. The Bertz CT molecular complexity index is 1680. The van der Waals surface area contributed by atoms with Crippen molar-refractivity contribution in [1.29, 1.82) is 0 Å². The van der Waals surface area contributed by atoms with Crippen molar-refractivity contribution in [3.63, 3.8) is 0 Å². The fraction of sp³-hybridized carbons (Fsp3) is 0.222. The molecule has 0 radical (unpaired) electrons. The molecule has 0 aliphatic heterocycles. The molecule has 4 aromatic carbocycles. The topological polar surface area (TPSA) is 146 Å². The monoisotopic (exact) mass is 638 g/mol. The first-order valence-corrected chi connectivity index (χ1v) is 15.1. The first-order valence-electron chi connectivity index (χ1n) is 15.1. The van der Waals surface area contributed by atoms with Crippen LogP contribution in [0.2, 0.25) is 0 Å². The lowest BCUT2D eigenvalue weighted by molar-refractivity contribution is -0.139. The molecule has 4 amide bonds. The second-order valence-electron chi connectivity index (χ2n) is 10.7. The summed E-state index contributed by atoms with van der Waals surface area (Å²) in [5.41, 5.74) is 3.57. The van der Waals surface area contributed by atoms with Crippen molar-refractivity contribution < 1.29 is 33.8 Å². The van der Waals surface area contributed by atoms with Crippen molar-refractivity contribution in [2.75, 3.05) is 37.4 Å². The maximum Gasteiger partial charge on any atom is 0.323 e. The molecule has 0 heterocycles. The number of carbonyl (C=O) groups is 4. The second kappa shape index (κ2) is 17.0. The molecule has 0 aliphatic rings. The van der Waals surface area contributed by atoms with E-state index in [9.17, 15) is 24.3 Å². The van der Waals surface area contributed by atoms with E-state index in [0.717, 1.165) is 16.9 Å². The zero-order chi connectivity index (χ0) is 33.6. The summed E-state index contributed by atoms with van der Waals surface area (Å²) in [5.74, 6) is -0.0428. The van der Waals surface area contributed by atoms with Crippen molar-refractivity contribution in [2.24, 2.45) is 0 Å². The summed E-state index contributed by atoms with van der Waals surface area (Å²) in [7, 11) is 1.46. The highest BCUT2D eigenvalue weighted by molar-refractivity contribution is 6.01. The van der Waals surface area contributed by atoms with Crippen LogP contribution in [0.5, 0.6) is 17.2 Å². The third kappa shape index (κ3) is 10.9. The van der Waals surface area contributed by atoms with Gasteiger partial charge in [-0.1, -0.05) is 54.6 Å². The number of carbonyl (C=O) groups excluding carboxylic acids is 3. The van der Waals surface area contributed by atoms with Gasteiger partial charge in [0.05, 0.1) is 32.2 Å². The van der Waals surface area contributed by atoms with E-state index in [4.69, 9.17) is 9.47 Å². The average Bonchev–Trinajstić information content (AvgIpc) is 3.06. The van der Waals surface area contributed by atoms with Crippen LogP contribution in [-0.4, -0.2) is 60.6 Å². The number of anilines is 2. The molecule has 0 bridgehead atoms. The number of hydrogen-bond acceptors (Lipinski definition) is 6. The number of hydrogen-bond donors (Lipinski definition) is 4. The van der Waals surface area contributed by atoms with E-state index in [2.05, 4.69) is 16.0 Å². The number of methoxy groups -OCH3 is 1. The second-order valence-corrected chi connectivity index (χ2v) is 10.7. The maximum atomic E-state index is 13.0. The molecule has 0 aliphatic carbocycles. The minimum absolute atomic E-state index is 0.0162. The van der Waals surface area contributed by atoms with Crippen molar-refractivity contribution in [3.05, 3.63) is 114 Å². The van der Waals surface area contributed by atoms with Crippen LogP contribution >= 0.6 is 0 Å². The number of amides is 4. The van der Waals surface area contributed by atoms with Gasteiger partial charge < -0.3 is 35.4 Å². The average molecular weight is 639 g/mol. The van der Waals surface area contributed by atoms with Crippen molar-refractivity contribution in [3.8, 4) is 17.2 Å². The van der Waals surface area contributed by atoms with Gasteiger partial charge in [0.2, 0.25) is 11.8 Å². The Hall–Kier alpha value is -5.84. The Labute approximate surface area is 273 Å². The molecule has 4 aromatic rings. The van der Waals surface area contributed by atoms with Gasteiger partial charge in [-0.3, -0.25) is 14.4 Å². The Balaban J connectivity index is 1.28. The number of aliphatic carboxylic acids is 1. The Morgan fingerprint density at radius 2 is 1.43 bits per heavy atom. The minimum atomic E-state index is -1.02. The lowest BCUT2D eigenvalue weighted by atomic mass is 10.1. The number of urea groups is 1. The summed E-state index contributed by atoms with van der Waals surface area (Å²) in [6, 6.07) is 28.8.